The normalized spacial score (nSPS) is 13.4. The number of nitrogens with two attached hydrogens (primary N) is 1. The van der Waals surface area contributed by atoms with E-state index >= 15 is 0 Å². The molecule has 96 valence electrons. The molecule has 0 bridgehead atoms. The molecule has 0 saturated carbocycles. The summed E-state index contributed by atoms with van der Waals surface area (Å²) in [5.41, 5.74) is 5.90. The number of rotatable bonds is 7. The SMILES string of the molecule is COC(C)(C)CCC(N)COc1ccccc1. The Labute approximate surface area is 104 Å². The third-order valence-corrected chi connectivity index (χ3v) is 2.88. The van der Waals surface area contributed by atoms with Crippen LogP contribution in [0.15, 0.2) is 30.3 Å². The summed E-state index contributed by atoms with van der Waals surface area (Å²) in [5.74, 6) is 0.869. The highest BCUT2D eigenvalue weighted by Gasteiger charge is 2.17. The van der Waals surface area contributed by atoms with Crippen LogP contribution >= 0.6 is 0 Å². The zero-order valence-electron chi connectivity index (χ0n) is 11.0. The molecular formula is C14H23NO2. The third-order valence-electron chi connectivity index (χ3n) is 2.88. The van der Waals surface area contributed by atoms with E-state index in [1.807, 2.05) is 30.3 Å². The van der Waals surface area contributed by atoms with Gasteiger partial charge in [-0.1, -0.05) is 18.2 Å². The van der Waals surface area contributed by atoms with Crippen LogP contribution in [0.2, 0.25) is 0 Å². The van der Waals surface area contributed by atoms with Gasteiger partial charge < -0.3 is 15.2 Å². The standard InChI is InChI=1S/C14H23NO2/c1-14(2,16-3)10-9-12(15)11-17-13-7-5-4-6-8-13/h4-8,12H,9-11,15H2,1-3H3. The quantitative estimate of drug-likeness (QED) is 0.792. The summed E-state index contributed by atoms with van der Waals surface area (Å²) < 4.78 is 11.0. The van der Waals surface area contributed by atoms with Crippen molar-refractivity contribution in [1.82, 2.24) is 0 Å². The van der Waals surface area contributed by atoms with Crippen LogP contribution in [0.5, 0.6) is 5.75 Å². The largest absolute Gasteiger partial charge is 0.492 e. The van der Waals surface area contributed by atoms with Gasteiger partial charge in [-0.05, 0) is 38.8 Å². The van der Waals surface area contributed by atoms with Gasteiger partial charge in [0.25, 0.3) is 0 Å². The number of ether oxygens (including phenoxy) is 2. The van der Waals surface area contributed by atoms with Gasteiger partial charge in [-0.3, -0.25) is 0 Å². The van der Waals surface area contributed by atoms with E-state index in [1.165, 1.54) is 0 Å². The summed E-state index contributed by atoms with van der Waals surface area (Å²) in [6.45, 7) is 4.68. The average Bonchev–Trinajstić information content (AvgIpc) is 2.35. The first-order chi connectivity index (χ1) is 8.03. The highest BCUT2D eigenvalue weighted by molar-refractivity contribution is 5.20. The Hall–Kier alpha value is -1.06. The molecule has 1 rings (SSSR count). The summed E-state index contributed by atoms with van der Waals surface area (Å²) in [6, 6.07) is 9.79. The summed E-state index contributed by atoms with van der Waals surface area (Å²) in [5, 5.41) is 0. The number of benzene rings is 1. The topological polar surface area (TPSA) is 44.5 Å². The lowest BCUT2D eigenvalue weighted by Crippen LogP contribution is -2.32. The van der Waals surface area contributed by atoms with Crippen LogP contribution in [0.3, 0.4) is 0 Å². The Balaban J connectivity index is 2.24. The molecule has 1 atom stereocenters. The van der Waals surface area contributed by atoms with Crippen LogP contribution in [0.1, 0.15) is 26.7 Å². The van der Waals surface area contributed by atoms with Crippen molar-refractivity contribution in [2.24, 2.45) is 5.73 Å². The maximum atomic E-state index is 6.00. The van der Waals surface area contributed by atoms with E-state index in [9.17, 15) is 0 Å². The summed E-state index contributed by atoms with van der Waals surface area (Å²) >= 11 is 0. The van der Waals surface area contributed by atoms with E-state index in [0.717, 1.165) is 18.6 Å². The smallest absolute Gasteiger partial charge is 0.119 e. The highest BCUT2D eigenvalue weighted by Crippen LogP contribution is 2.16. The number of hydrogen-bond acceptors (Lipinski definition) is 3. The fraction of sp³-hybridized carbons (Fsp3) is 0.571. The third kappa shape index (κ3) is 5.71. The van der Waals surface area contributed by atoms with Gasteiger partial charge in [0.05, 0.1) is 5.60 Å². The van der Waals surface area contributed by atoms with Crippen molar-refractivity contribution in [3.05, 3.63) is 30.3 Å². The van der Waals surface area contributed by atoms with Gasteiger partial charge >= 0.3 is 0 Å². The summed E-state index contributed by atoms with van der Waals surface area (Å²) in [4.78, 5) is 0. The van der Waals surface area contributed by atoms with E-state index in [0.29, 0.717) is 6.61 Å². The minimum Gasteiger partial charge on any atom is -0.492 e. The number of hydrogen-bond donors (Lipinski definition) is 1. The van der Waals surface area contributed by atoms with Crippen molar-refractivity contribution in [3.63, 3.8) is 0 Å². The maximum Gasteiger partial charge on any atom is 0.119 e. The molecule has 3 nitrogen and oxygen atoms in total. The first-order valence-corrected chi connectivity index (χ1v) is 6.02. The molecule has 0 saturated heterocycles. The van der Waals surface area contributed by atoms with Crippen LogP contribution in [-0.2, 0) is 4.74 Å². The second-order valence-corrected chi connectivity index (χ2v) is 4.89. The van der Waals surface area contributed by atoms with Crippen molar-refractivity contribution in [1.29, 1.82) is 0 Å². The highest BCUT2D eigenvalue weighted by atomic mass is 16.5. The molecule has 0 fully saturated rings. The molecule has 17 heavy (non-hydrogen) atoms. The predicted octanol–water partition coefficient (Wildman–Crippen LogP) is 2.60. The second kappa shape index (κ2) is 6.62. The Kier molecular flexibility index (Phi) is 5.45. The molecule has 2 N–H and O–H groups in total. The van der Waals surface area contributed by atoms with Crippen LogP contribution in [0, 0.1) is 0 Å². The van der Waals surface area contributed by atoms with Crippen molar-refractivity contribution in [2.75, 3.05) is 13.7 Å². The van der Waals surface area contributed by atoms with Crippen molar-refractivity contribution >= 4 is 0 Å². The molecule has 1 unspecified atom stereocenters. The average molecular weight is 237 g/mol. The van der Waals surface area contributed by atoms with Crippen LogP contribution in [-0.4, -0.2) is 25.4 Å². The Bertz CT molecular complexity index is 311. The summed E-state index contributed by atoms with van der Waals surface area (Å²) in [6.07, 6.45) is 1.83. The second-order valence-electron chi connectivity index (χ2n) is 4.89. The van der Waals surface area contributed by atoms with E-state index in [-0.39, 0.29) is 11.6 Å². The Morgan fingerprint density at radius 1 is 1.24 bits per heavy atom. The van der Waals surface area contributed by atoms with E-state index in [1.54, 1.807) is 7.11 Å². The van der Waals surface area contributed by atoms with Crippen molar-refractivity contribution < 1.29 is 9.47 Å². The lowest BCUT2D eigenvalue weighted by molar-refractivity contribution is 0.0116. The van der Waals surface area contributed by atoms with Gasteiger partial charge in [0.2, 0.25) is 0 Å². The predicted molar refractivity (Wildman–Crippen MR) is 70.2 cm³/mol. The zero-order chi connectivity index (χ0) is 12.7. The molecular weight excluding hydrogens is 214 g/mol. The van der Waals surface area contributed by atoms with E-state index < -0.39 is 0 Å². The molecule has 0 heterocycles. The van der Waals surface area contributed by atoms with E-state index in [2.05, 4.69) is 13.8 Å². The molecule has 0 spiro atoms. The van der Waals surface area contributed by atoms with Crippen LogP contribution < -0.4 is 10.5 Å². The molecule has 0 aliphatic rings. The Morgan fingerprint density at radius 2 is 1.88 bits per heavy atom. The molecule has 0 aliphatic heterocycles. The van der Waals surface area contributed by atoms with Crippen LogP contribution in [0.25, 0.3) is 0 Å². The molecule has 1 aromatic rings. The minimum absolute atomic E-state index is 0.0460. The molecule has 0 amide bonds. The first kappa shape index (κ1) is 14.0. The lowest BCUT2D eigenvalue weighted by Gasteiger charge is -2.24. The molecule has 0 aromatic heterocycles. The minimum atomic E-state index is -0.107. The maximum absolute atomic E-state index is 6.00. The van der Waals surface area contributed by atoms with Gasteiger partial charge in [0, 0.05) is 13.2 Å². The van der Waals surface area contributed by atoms with Crippen LogP contribution in [0.4, 0.5) is 0 Å². The lowest BCUT2D eigenvalue weighted by atomic mass is 9.99. The van der Waals surface area contributed by atoms with Gasteiger partial charge in [0.15, 0.2) is 0 Å². The molecule has 1 aromatic carbocycles. The van der Waals surface area contributed by atoms with Crippen molar-refractivity contribution in [2.45, 2.75) is 38.3 Å². The van der Waals surface area contributed by atoms with Crippen molar-refractivity contribution in [3.8, 4) is 5.75 Å². The van der Waals surface area contributed by atoms with Gasteiger partial charge in [0.1, 0.15) is 12.4 Å². The molecule has 0 aliphatic carbocycles. The van der Waals surface area contributed by atoms with Gasteiger partial charge in [-0.25, -0.2) is 0 Å². The Morgan fingerprint density at radius 3 is 2.47 bits per heavy atom. The van der Waals surface area contributed by atoms with Gasteiger partial charge in [-0.15, -0.1) is 0 Å². The fourth-order valence-corrected chi connectivity index (χ4v) is 1.44. The number of methoxy groups -OCH3 is 1. The molecule has 3 heteroatoms. The van der Waals surface area contributed by atoms with E-state index in [4.69, 9.17) is 15.2 Å². The zero-order valence-corrected chi connectivity index (χ0v) is 11.0. The molecule has 0 radical (unpaired) electrons. The van der Waals surface area contributed by atoms with Gasteiger partial charge in [-0.2, -0.15) is 0 Å². The fourth-order valence-electron chi connectivity index (χ4n) is 1.44. The first-order valence-electron chi connectivity index (χ1n) is 6.02. The summed E-state index contributed by atoms with van der Waals surface area (Å²) in [7, 11) is 1.73. The number of para-hydroxylation sites is 1. The monoisotopic (exact) mass is 237 g/mol.